The number of aliphatic hydroxyl groups is 1. The summed E-state index contributed by atoms with van der Waals surface area (Å²) in [4.78, 5) is 45.5. The fraction of sp³-hybridized carbons (Fsp3) is 0.286. The Kier molecular flexibility index (Phi) is 7.91. The Labute approximate surface area is 229 Å². The first-order chi connectivity index (χ1) is 18.7. The number of hydrogen-bond donors (Lipinski definition) is 1. The molecule has 11 heteroatoms. The average molecular weight is 553 g/mol. The standard InChI is InChI=1S/C28H28N2O8S/c1-7-38-27(34)25-15(3)29-28(39-25)30-22(19-13-17(36-5)9-11-20(19)37-6)21(24(32)26(30)33)23(31)18-10-8-16(35-4)12-14(18)2/h8-13,22,31H,7H2,1-6H3/t22-/m0/s1. The second kappa shape index (κ2) is 11.2. The van der Waals surface area contributed by atoms with E-state index >= 15 is 0 Å². The highest BCUT2D eigenvalue weighted by molar-refractivity contribution is 7.17. The topological polar surface area (TPSA) is 124 Å². The van der Waals surface area contributed by atoms with Crippen LogP contribution in [-0.4, -0.2) is 55.7 Å². The second-order valence-electron chi connectivity index (χ2n) is 8.59. The second-order valence-corrected chi connectivity index (χ2v) is 9.57. The van der Waals surface area contributed by atoms with Gasteiger partial charge in [-0.15, -0.1) is 0 Å². The summed E-state index contributed by atoms with van der Waals surface area (Å²) in [6.45, 7) is 5.22. The van der Waals surface area contributed by atoms with Crippen molar-refractivity contribution in [2.45, 2.75) is 26.8 Å². The lowest BCUT2D eigenvalue weighted by atomic mass is 9.93. The lowest BCUT2D eigenvalue weighted by molar-refractivity contribution is -0.132. The van der Waals surface area contributed by atoms with E-state index in [0.717, 1.165) is 11.3 Å². The Balaban J connectivity index is 2.00. The summed E-state index contributed by atoms with van der Waals surface area (Å²) in [7, 11) is 4.46. The predicted molar refractivity (Wildman–Crippen MR) is 145 cm³/mol. The highest BCUT2D eigenvalue weighted by Crippen LogP contribution is 2.47. The number of ether oxygens (including phenoxy) is 4. The van der Waals surface area contributed by atoms with Gasteiger partial charge in [0.05, 0.1) is 39.2 Å². The number of amides is 1. The Bertz CT molecular complexity index is 1490. The van der Waals surface area contributed by atoms with Crippen molar-refractivity contribution in [1.29, 1.82) is 0 Å². The molecule has 39 heavy (non-hydrogen) atoms. The third kappa shape index (κ3) is 4.92. The van der Waals surface area contributed by atoms with Gasteiger partial charge in [-0.05, 0) is 62.7 Å². The SMILES string of the molecule is CCOC(=O)c1sc(N2C(=O)C(=O)C(=C(O)c3ccc(OC)cc3C)[C@@H]2c2cc(OC)ccc2OC)nc1C. The summed E-state index contributed by atoms with van der Waals surface area (Å²) in [6, 6.07) is 8.78. The van der Waals surface area contributed by atoms with Crippen LogP contribution in [0.4, 0.5) is 5.13 Å². The van der Waals surface area contributed by atoms with Crippen molar-refractivity contribution in [3.05, 3.63) is 69.2 Å². The number of thiazole rings is 1. The maximum atomic E-state index is 13.6. The maximum Gasteiger partial charge on any atom is 0.350 e. The van der Waals surface area contributed by atoms with E-state index in [2.05, 4.69) is 4.98 Å². The normalized spacial score (nSPS) is 16.4. The van der Waals surface area contributed by atoms with Gasteiger partial charge in [-0.2, -0.15) is 0 Å². The van der Waals surface area contributed by atoms with Crippen molar-refractivity contribution in [2.24, 2.45) is 0 Å². The van der Waals surface area contributed by atoms with Crippen LogP contribution < -0.4 is 19.1 Å². The fourth-order valence-corrected chi connectivity index (χ4v) is 5.41. The summed E-state index contributed by atoms with van der Waals surface area (Å²) in [5, 5.41) is 11.6. The minimum atomic E-state index is -1.14. The molecule has 2 heterocycles. The van der Waals surface area contributed by atoms with Crippen molar-refractivity contribution in [2.75, 3.05) is 32.8 Å². The minimum absolute atomic E-state index is 0.0954. The van der Waals surface area contributed by atoms with E-state index < -0.39 is 23.7 Å². The zero-order valence-electron chi connectivity index (χ0n) is 22.4. The minimum Gasteiger partial charge on any atom is -0.507 e. The monoisotopic (exact) mass is 552 g/mol. The molecule has 1 fully saturated rings. The van der Waals surface area contributed by atoms with Crippen molar-refractivity contribution in [3.63, 3.8) is 0 Å². The molecule has 3 aromatic rings. The molecule has 1 saturated heterocycles. The molecule has 0 saturated carbocycles. The highest BCUT2D eigenvalue weighted by Gasteiger charge is 2.49. The van der Waals surface area contributed by atoms with Gasteiger partial charge in [0.15, 0.2) is 5.13 Å². The first-order valence-electron chi connectivity index (χ1n) is 12.0. The Morgan fingerprint density at radius 1 is 1.03 bits per heavy atom. The average Bonchev–Trinajstić information content (AvgIpc) is 3.44. The number of benzene rings is 2. The van der Waals surface area contributed by atoms with Crippen LogP contribution in [0.2, 0.25) is 0 Å². The van der Waals surface area contributed by atoms with Crippen LogP contribution in [0.3, 0.4) is 0 Å². The van der Waals surface area contributed by atoms with Gasteiger partial charge in [-0.25, -0.2) is 9.78 Å². The van der Waals surface area contributed by atoms with Gasteiger partial charge in [-0.1, -0.05) is 11.3 Å². The highest BCUT2D eigenvalue weighted by atomic mass is 32.1. The number of rotatable bonds is 8. The number of aliphatic hydroxyl groups excluding tert-OH is 1. The Morgan fingerprint density at radius 3 is 2.31 bits per heavy atom. The third-order valence-corrected chi connectivity index (χ3v) is 7.45. The quantitative estimate of drug-likeness (QED) is 0.185. The summed E-state index contributed by atoms with van der Waals surface area (Å²) in [5.74, 6) is -1.42. The molecule has 1 amide bonds. The van der Waals surface area contributed by atoms with Crippen LogP contribution in [0.1, 0.15) is 45.0 Å². The number of anilines is 1. The number of carbonyl (C=O) groups is 3. The molecular weight excluding hydrogens is 524 g/mol. The zero-order chi connectivity index (χ0) is 28.4. The van der Waals surface area contributed by atoms with Crippen LogP contribution in [-0.2, 0) is 14.3 Å². The molecule has 4 rings (SSSR count). The molecule has 204 valence electrons. The van der Waals surface area contributed by atoms with Gasteiger partial charge < -0.3 is 24.1 Å². The van der Waals surface area contributed by atoms with Gasteiger partial charge in [0.25, 0.3) is 5.78 Å². The van der Waals surface area contributed by atoms with E-state index in [1.165, 1.54) is 26.2 Å². The summed E-state index contributed by atoms with van der Waals surface area (Å²) >= 11 is 0.924. The zero-order valence-corrected chi connectivity index (χ0v) is 23.2. The van der Waals surface area contributed by atoms with E-state index in [0.29, 0.717) is 39.6 Å². The first-order valence-corrected chi connectivity index (χ1v) is 12.8. The molecule has 1 aliphatic rings. The molecule has 1 atom stereocenters. The van der Waals surface area contributed by atoms with Gasteiger partial charge in [0.1, 0.15) is 33.9 Å². The van der Waals surface area contributed by atoms with Crippen LogP contribution in [0.15, 0.2) is 42.0 Å². The molecule has 1 aliphatic heterocycles. The number of esters is 1. The van der Waals surface area contributed by atoms with Crippen LogP contribution in [0.5, 0.6) is 17.2 Å². The van der Waals surface area contributed by atoms with E-state index in [1.807, 2.05) is 0 Å². The molecule has 0 aliphatic carbocycles. The van der Waals surface area contributed by atoms with Crippen molar-refractivity contribution in [1.82, 2.24) is 4.98 Å². The number of aromatic nitrogens is 1. The van der Waals surface area contributed by atoms with Crippen molar-refractivity contribution in [3.8, 4) is 17.2 Å². The fourth-order valence-electron chi connectivity index (χ4n) is 4.42. The smallest absolute Gasteiger partial charge is 0.350 e. The van der Waals surface area contributed by atoms with Gasteiger partial charge in [0, 0.05) is 11.1 Å². The number of aryl methyl sites for hydroxylation is 2. The molecule has 1 N–H and O–H groups in total. The number of nitrogens with zero attached hydrogens (tertiary/aromatic N) is 2. The molecular formula is C28H28N2O8S. The number of carbonyl (C=O) groups excluding carboxylic acids is 3. The molecule has 0 radical (unpaired) electrons. The molecule has 10 nitrogen and oxygen atoms in total. The van der Waals surface area contributed by atoms with Crippen LogP contribution >= 0.6 is 11.3 Å². The van der Waals surface area contributed by atoms with Crippen LogP contribution in [0, 0.1) is 13.8 Å². The van der Waals surface area contributed by atoms with E-state index in [1.54, 1.807) is 57.2 Å². The molecule has 2 aromatic carbocycles. The molecule has 0 bridgehead atoms. The van der Waals surface area contributed by atoms with Crippen LogP contribution in [0.25, 0.3) is 5.76 Å². The summed E-state index contributed by atoms with van der Waals surface area (Å²) in [5.41, 5.74) is 1.55. The molecule has 0 unspecified atom stereocenters. The van der Waals surface area contributed by atoms with E-state index in [9.17, 15) is 19.5 Å². The van der Waals surface area contributed by atoms with Crippen molar-refractivity contribution >= 4 is 39.9 Å². The molecule has 1 aromatic heterocycles. The van der Waals surface area contributed by atoms with E-state index in [-0.39, 0.29) is 27.9 Å². The number of methoxy groups -OCH3 is 3. The number of hydrogen-bond acceptors (Lipinski definition) is 10. The number of Topliss-reactive ketones (excluding diaryl/α,β-unsaturated/α-hetero) is 1. The summed E-state index contributed by atoms with van der Waals surface area (Å²) in [6.07, 6.45) is 0. The van der Waals surface area contributed by atoms with Gasteiger partial charge in [0.2, 0.25) is 0 Å². The van der Waals surface area contributed by atoms with E-state index in [4.69, 9.17) is 18.9 Å². The lowest BCUT2D eigenvalue weighted by Crippen LogP contribution is -2.29. The molecule has 0 spiro atoms. The Hall–Kier alpha value is -4.38. The largest absolute Gasteiger partial charge is 0.507 e. The maximum absolute atomic E-state index is 13.6. The Morgan fingerprint density at radius 2 is 1.69 bits per heavy atom. The first kappa shape index (κ1) is 27.6. The van der Waals surface area contributed by atoms with Gasteiger partial charge >= 0.3 is 11.9 Å². The summed E-state index contributed by atoms with van der Waals surface area (Å²) < 4.78 is 21.4. The van der Waals surface area contributed by atoms with Crippen molar-refractivity contribution < 1.29 is 38.4 Å². The number of ketones is 1. The predicted octanol–water partition coefficient (Wildman–Crippen LogP) is 4.59. The van der Waals surface area contributed by atoms with Gasteiger partial charge in [-0.3, -0.25) is 14.5 Å². The lowest BCUT2D eigenvalue weighted by Gasteiger charge is -2.25. The third-order valence-electron chi connectivity index (χ3n) is 6.32.